The lowest BCUT2D eigenvalue weighted by atomic mass is 9.94. The minimum atomic E-state index is -3.17. The first-order valence-corrected chi connectivity index (χ1v) is 8.65. The van der Waals surface area contributed by atoms with Gasteiger partial charge in [-0.05, 0) is 25.9 Å². The average Bonchev–Trinajstić information content (AvgIpc) is 2.33. The first-order valence-electron chi connectivity index (χ1n) is 6.83. The van der Waals surface area contributed by atoms with Gasteiger partial charge in [0.2, 0.25) is 5.91 Å². The van der Waals surface area contributed by atoms with E-state index in [1.807, 2.05) is 0 Å². The smallest absolute Gasteiger partial charge is 0.238 e. The summed E-state index contributed by atoms with van der Waals surface area (Å²) in [5.41, 5.74) is 4.35. The fourth-order valence-electron chi connectivity index (χ4n) is 2.53. The molecule has 3 N–H and O–H groups in total. The molecule has 112 valence electrons. The van der Waals surface area contributed by atoms with E-state index in [0.29, 0.717) is 19.4 Å². The Labute approximate surface area is 115 Å². The minimum Gasteiger partial charge on any atom is -0.368 e. The van der Waals surface area contributed by atoms with Crippen LogP contribution in [0.1, 0.15) is 26.7 Å². The lowest BCUT2D eigenvalue weighted by molar-refractivity contribution is -0.124. The second-order valence-electron chi connectivity index (χ2n) is 5.10. The van der Waals surface area contributed by atoms with Gasteiger partial charge in [0, 0.05) is 13.1 Å². The van der Waals surface area contributed by atoms with E-state index in [0.717, 1.165) is 19.6 Å². The fraction of sp³-hybridized carbons (Fsp3) is 0.917. The molecule has 1 unspecified atom stereocenters. The molecule has 1 fully saturated rings. The van der Waals surface area contributed by atoms with Crippen molar-refractivity contribution in [2.24, 2.45) is 5.73 Å². The Morgan fingerprint density at radius 1 is 1.37 bits per heavy atom. The van der Waals surface area contributed by atoms with Crippen molar-refractivity contribution in [1.82, 2.24) is 10.2 Å². The zero-order chi connectivity index (χ0) is 14.5. The number of nitrogens with two attached hydrogens (primary N) is 1. The zero-order valence-corrected chi connectivity index (χ0v) is 12.6. The van der Waals surface area contributed by atoms with Crippen LogP contribution < -0.4 is 11.1 Å². The Kier molecular flexibility index (Phi) is 5.76. The molecule has 1 heterocycles. The minimum absolute atomic E-state index is 0.153. The third kappa shape index (κ3) is 4.43. The predicted octanol–water partition coefficient (Wildman–Crippen LogP) is -0.649. The number of carbonyl (C=O) groups excluding carboxylic acids is 1. The molecule has 1 saturated heterocycles. The SMILES string of the molecule is CCN(CC)CCNC1(C(N)=O)CCCS(=O)(=O)C1. The van der Waals surface area contributed by atoms with Crippen LogP contribution in [0.4, 0.5) is 0 Å². The van der Waals surface area contributed by atoms with Gasteiger partial charge in [0.1, 0.15) is 5.54 Å². The van der Waals surface area contributed by atoms with E-state index < -0.39 is 21.3 Å². The molecule has 0 spiro atoms. The maximum absolute atomic E-state index is 11.7. The van der Waals surface area contributed by atoms with E-state index in [4.69, 9.17) is 5.73 Å². The maximum atomic E-state index is 11.7. The Morgan fingerprint density at radius 2 is 2.00 bits per heavy atom. The molecule has 1 amide bonds. The number of nitrogens with one attached hydrogen (secondary N) is 1. The number of likely N-dealkylation sites (N-methyl/N-ethyl adjacent to an activating group) is 1. The second kappa shape index (κ2) is 6.67. The van der Waals surface area contributed by atoms with Crippen molar-refractivity contribution in [1.29, 1.82) is 0 Å². The summed E-state index contributed by atoms with van der Waals surface area (Å²) in [5.74, 6) is -0.580. The first kappa shape index (κ1) is 16.4. The average molecular weight is 291 g/mol. The molecule has 1 atom stereocenters. The van der Waals surface area contributed by atoms with Gasteiger partial charge in [0.15, 0.2) is 9.84 Å². The molecule has 0 aromatic rings. The molecular weight excluding hydrogens is 266 g/mol. The van der Waals surface area contributed by atoms with Crippen molar-refractivity contribution >= 4 is 15.7 Å². The Hall–Kier alpha value is -0.660. The van der Waals surface area contributed by atoms with Crippen LogP contribution in [0.25, 0.3) is 0 Å². The molecule has 19 heavy (non-hydrogen) atoms. The standard InChI is InChI=1S/C12H25N3O3S/c1-3-15(4-2)8-7-14-12(11(13)16)6-5-9-19(17,18)10-12/h14H,3-10H2,1-2H3,(H2,13,16). The van der Waals surface area contributed by atoms with Crippen LogP contribution in [0.2, 0.25) is 0 Å². The topological polar surface area (TPSA) is 92.5 Å². The van der Waals surface area contributed by atoms with Crippen molar-refractivity contribution in [2.45, 2.75) is 32.2 Å². The number of hydrogen-bond acceptors (Lipinski definition) is 5. The molecular formula is C12H25N3O3S. The van der Waals surface area contributed by atoms with Gasteiger partial charge in [-0.2, -0.15) is 0 Å². The summed E-state index contributed by atoms with van der Waals surface area (Å²) in [5, 5.41) is 3.09. The van der Waals surface area contributed by atoms with Crippen LogP contribution in [0.5, 0.6) is 0 Å². The number of rotatable bonds is 7. The first-order chi connectivity index (χ1) is 8.85. The molecule has 0 saturated carbocycles. The van der Waals surface area contributed by atoms with Crippen molar-refractivity contribution in [3.63, 3.8) is 0 Å². The summed E-state index contributed by atoms with van der Waals surface area (Å²) in [6.45, 7) is 7.35. The monoisotopic (exact) mass is 291 g/mol. The zero-order valence-electron chi connectivity index (χ0n) is 11.8. The van der Waals surface area contributed by atoms with Crippen LogP contribution in [-0.2, 0) is 14.6 Å². The van der Waals surface area contributed by atoms with Gasteiger partial charge in [0.25, 0.3) is 0 Å². The van der Waals surface area contributed by atoms with E-state index in [9.17, 15) is 13.2 Å². The molecule has 0 bridgehead atoms. The molecule has 1 aliphatic heterocycles. The van der Waals surface area contributed by atoms with Crippen molar-refractivity contribution in [3.8, 4) is 0 Å². The quantitative estimate of drug-likeness (QED) is 0.650. The third-order valence-electron chi connectivity index (χ3n) is 3.78. The molecule has 1 rings (SSSR count). The highest BCUT2D eigenvalue weighted by Crippen LogP contribution is 2.22. The predicted molar refractivity (Wildman–Crippen MR) is 75.6 cm³/mol. The van der Waals surface area contributed by atoms with Crippen LogP contribution >= 0.6 is 0 Å². The molecule has 7 heteroatoms. The number of sulfone groups is 1. The lowest BCUT2D eigenvalue weighted by Gasteiger charge is -2.35. The van der Waals surface area contributed by atoms with E-state index in [2.05, 4.69) is 24.1 Å². The summed E-state index contributed by atoms with van der Waals surface area (Å²) < 4.78 is 23.4. The van der Waals surface area contributed by atoms with Crippen LogP contribution in [0.3, 0.4) is 0 Å². The summed E-state index contributed by atoms with van der Waals surface area (Å²) in [6.07, 6.45) is 0.989. The van der Waals surface area contributed by atoms with Gasteiger partial charge in [-0.3, -0.25) is 4.79 Å². The molecule has 6 nitrogen and oxygen atoms in total. The van der Waals surface area contributed by atoms with Crippen molar-refractivity contribution in [2.75, 3.05) is 37.7 Å². The lowest BCUT2D eigenvalue weighted by Crippen LogP contribution is -2.62. The largest absolute Gasteiger partial charge is 0.368 e. The number of amides is 1. The summed E-state index contributed by atoms with van der Waals surface area (Å²) in [4.78, 5) is 13.9. The van der Waals surface area contributed by atoms with Gasteiger partial charge in [-0.1, -0.05) is 13.8 Å². The van der Waals surface area contributed by atoms with Gasteiger partial charge in [-0.25, -0.2) is 8.42 Å². The second-order valence-corrected chi connectivity index (χ2v) is 7.28. The van der Waals surface area contributed by atoms with Gasteiger partial charge >= 0.3 is 0 Å². The van der Waals surface area contributed by atoms with Gasteiger partial charge < -0.3 is 16.0 Å². The van der Waals surface area contributed by atoms with Crippen molar-refractivity contribution < 1.29 is 13.2 Å². The van der Waals surface area contributed by atoms with E-state index in [1.54, 1.807) is 0 Å². The molecule has 0 aromatic heterocycles. The highest BCUT2D eigenvalue weighted by molar-refractivity contribution is 7.91. The molecule has 0 aliphatic carbocycles. The molecule has 0 radical (unpaired) electrons. The van der Waals surface area contributed by atoms with E-state index in [1.165, 1.54) is 0 Å². The highest BCUT2D eigenvalue weighted by Gasteiger charge is 2.43. The van der Waals surface area contributed by atoms with Crippen LogP contribution in [-0.4, -0.2) is 62.4 Å². The summed E-state index contributed by atoms with van der Waals surface area (Å²) in [6, 6.07) is 0. The summed E-state index contributed by atoms with van der Waals surface area (Å²) in [7, 11) is -3.17. The number of nitrogens with zero attached hydrogens (tertiary/aromatic N) is 1. The fourth-order valence-corrected chi connectivity index (χ4v) is 4.40. The van der Waals surface area contributed by atoms with Crippen LogP contribution in [0.15, 0.2) is 0 Å². The Bertz CT molecular complexity index is 406. The number of carbonyl (C=O) groups is 1. The normalized spacial score (nSPS) is 26.5. The third-order valence-corrected chi connectivity index (χ3v) is 5.63. The Morgan fingerprint density at radius 3 is 2.47 bits per heavy atom. The number of primary amides is 1. The molecule has 1 aliphatic rings. The van der Waals surface area contributed by atoms with Gasteiger partial charge in [0.05, 0.1) is 11.5 Å². The molecule has 0 aromatic carbocycles. The maximum Gasteiger partial charge on any atom is 0.238 e. The Balaban J connectivity index is 2.65. The van der Waals surface area contributed by atoms with E-state index >= 15 is 0 Å². The highest BCUT2D eigenvalue weighted by atomic mass is 32.2. The van der Waals surface area contributed by atoms with Gasteiger partial charge in [-0.15, -0.1) is 0 Å². The van der Waals surface area contributed by atoms with Crippen LogP contribution in [0, 0.1) is 0 Å². The van der Waals surface area contributed by atoms with Crippen molar-refractivity contribution in [3.05, 3.63) is 0 Å². The van der Waals surface area contributed by atoms with E-state index in [-0.39, 0.29) is 11.5 Å². The summed E-state index contributed by atoms with van der Waals surface area (Å²) >= 11 is 0. The number of hydrogen-bond donors (Lipinski definition) is 2.